The number of imidazole rings is 1. The lowest BCUT2D eigenvalue weighted by Crippen LogP contribution is -2.03. The van der Waals surface area contributed by atoms with Gasteiger partial charge in [0.15, 0.2) is 0 Å². The maximum Gasteiger partial charge on any atom is 0.107 e. The van der Waals surface area contributed by atoms with Gasteiger partial charge in [-0.2, -0.15) is 0 Å². The molecule has 0 saturated heterocycles. The number of hydrogen-bond donors (Lipinski definition) is 2. The second kappa shape index (κ2) is 6.44. The second-order valence-electron chi connectivity index (χ2n) is 5.28. The topological polar surface area (TPSA) is 40.7 Å². The summed E-state index contributed by atoms with van der Waals surface area (Å²) < 4.78 is 0. The number of hydrogen-bond acceptors (Lipinski definition) is 2. The number of anilines is 1. The van der Waals surface area contributed by atoms with Crippen LogP contribution < -0.4 is 5.32 Å². The zero-order valence-corrected chi connectivity index (χ0v) is 12.4. The van der Waals surface area contributed by atoms with E-state index in [0.717, 1.165) is 42.7 Å². The molecule has 0 fully saturated rings. The van der Waals surface area contributed by atoms with Crippen LogP contribution in [0.1, 0.15) is 24.7 Å². The van der Waals surface area contributed by atoms with Crippen molar-refractivity contribution < 1.29 is 0 Å². The smallest absolute Gasteiger partial charge is 0.107 e. The van der Waals surface area contributed by atoms with E-state index < -0.39 is 0 Å². The average Bonchev–Trinajstić information content (AvgIpc) is 2.94. The van der Waals surface area contributed by atoms with Crippen molar-refractivity contribution in [2.75, 3.05) is 11.9 Å². The molecule has 1 heterocycles. The van der Waals surface area contributed by atoms with Gasteiger partial charge in [0.05, 0.1) is 11.0 Å². The van der Waals surface area contributed by atoms with E-state index in [1.54, 1.807) is 0 Å². The first-order valence-corrected chi connectivity index (χ1v) is 7.61. The molecule has 0 amide bonds. The quantitative estimate of drug-likeness (QED) is 0.665. The molecule has 0 saturated carbocycles. The highest BCUT2D eigenvalue weighted by Crippen LogP contribution is 2.15. The summed E-state index contributed by atoms with van der Waals surface area (Å²) in [4.78, 5) is 8.08. The minimum atomic E-state index is 0.960. The maximum atomic E-state index is 4.65. The summed E-state index contributed by atoms with van der Waals surface area (Å²) in [5, 5.41) is 3.43. The van der Waals surface area contributed by atoms with Crippen molar-refractivity contribution in [1.82, 2.24) is 9.97 Å². The summed E-state index contributed by atoms with van der Waals surface area (Å²) in [7, 11) is 0. The fourth-order valence-electron chi connectivity index (χ4n) is 2.49. The van der Waals surface area contributed by atoms with Gasteiger partial charge in [-0.05, 0) is 42.7 Å². The molecule has 2 N–H and O–H groups in total. The van der Waals surface area contributed by atoms with Crippen molar-refractivity contribution in [2.45, 2.75) is 26.2 Å². The lowest BCUT2D eigenvalue weighted by Gasteiger charge is -2.04. The molecule has 108 valence electrons. The minimum Gasteiger partial charge on any atom is -0.385 e. The molecular weight excluding hydrogens is 258 g/mol. The Morgan fingerprint density at radius 2 is 1.95 bits per heavy atom. The average molecular weight is 279 g/mol. The minimum absolute atomic E-state index is 0.960. The summed E-state index contributed by atoms with van der Waals surface area (Å²) in [6, 6.07) is 16.8. The number of para-hydroxylation sites is 1. The highest BCUT2D eigenvalue weighted by Gasteiger charge is 2.03. The third-order valence-electron chi connectivity index (χ3n) is 3.70. The number of aromatic amines is 1. The van der Waals surface area contributed by atoms with E-state index in [1.165, 1.54) is 11.3 Å². The second-order valence-corrected chi connectivity index (χ2v) is 5.28. The summed E-state index contributed by atoms with van der Waals surface area (Å²) in [6.07, 6.45) is 3.09. The molecule has 21 heavy (non-hydrogen) atoms. The van der Waals surface area contributed by atoms with Crippen LogP contribution in [-0.4, -0.2) is 16.5 Å². The van der Waals surface area contributed by atoms with E-state index in [2.05, 4.69) is 52.5 Å². The van der Waals surface area contributed by atoms with Crippen LogP contribution in [0.5, 0.6) is 0 Å². The van der Waals surface area contributed by atoms with Gasteiger partial charge in [0, 0.05) is 18.7 Å². The molecule has 0 aliphatic rings. The molecule has 2 aromatic carbocycles. The molecule has 0 unspecified atom stereocenters. The number of aromatic nitrogens is 2. The predicted molar refractivity (Wildman–Crippen MR) is 88.7 cm³/mol. The number of nitrogens with one attached hydrogen (secondary N) is 2. The number of rotatable bonds is 6. The van der Waals surface area contributed by atoms with Crippen molar-refractivity contribution in [3.05, 3.63) is 59.9 Å². The zero-order valence-electron chi connectivity index (χ0n) is 12.4. The number of benzene rings is 2. The van der Waals surface area contributed by atoms with Gasteiger partial charge < -0.3 is 10.3 Å². The summed E-state index contributed by atoms with van der Waals surface area (Å²) >= 11 is 0. The lowest BCUT2D eigenvalue weighted by atomic mass is 10.1. The SMILES string of the molecule is CCc1ccc2nc(CCCNc3ccccc3)[nH]c2c1. The Bertz CT molecular complexity index is 701. The Morgan fingerprint density at radius 3 is 2.76 bits per heavy atom. The standard InChI is InChI=1S/C18H21N3/c1-2-14-10-11-16-17(13-14)21-18(20-16)9-6-12-19-15-7-4-3-5-8-15/h3-5,7-8,10-11,13,19H,2,6,9,12H2,1H3,(H,20,21). The highest BCUT2D eigenvalue weighted by molar-refractivity contribution is 5.75. The van der Waals surface area contributed by atoms with Crippen molar-refractivity contribution in [3.63, 3.8) is 0 Å². The van der Waals surface area contributed by atoms with Gasteiger partial charge in [0.25, 0.3) is 0 Å². The first kappa shape index (κ1) is 13.7. The predicted octanol–water partition coefficient (Wildman–Crippen LogP) is 4.17. The van der Waals surface area contributed by atoms with Gasteiger partial charge in [-0.1, -0.05) is 31.2 Å². The maximum absolute atomic E-state index is 4.65. The van der Waals surface area contributed by atoms with Crippen LogP contribution in [0.4, 0.5) is 5.69 Å². The van der Waals surface area contributed by atoms with Crippen LogP contribution in [0.15, 0.2) is 48.5 Å². The molecule has 1 aromatic heterocycles. The summed E-state index contributed by atoms with van der Waals surface area (Å²) in [6.45, 7) is 3.13. The Kier molecular flexibility index (Phi) is 4.20. The molecule has 3 rings (SSSR count). The van der Waals surface area contributed by atoms with Gasteiger partial charge in [0.2, 0.25) is 0 Å². The lowest BCUT2D eigenvalue weighted by molar-refractivity contribution is 0.820. The molecule has 3 heteroatoms. The van der Waals surface area contributed by atoms with Crippen molar-refractivity contribution >= 4 is 16.7 Å². The molecule has 3 aromatic rings. The third kappa shape index (κ3) is 3.43. The van der Waals surface area contributed by atoms with Crippen molar-refractivity contribution in [2.24, 2.45) is 0 Å². The number of H-pyrrole nitrogens is 1. The fraction of sp³-hybridized carbons (Fsp3) is 0.278. The van der Waals surface area contributed by atoms with Gasteiger partial charge in [-0.25, -0.2) is 4.98 Å². The van der Waals surface area contributed by atoms with E-state index in [4.69, 9.17) is 0 Å². The molecule has 0 atom stereocenters. The van der Waals surface area contributed by atoms with E-state index in [-0.39, 0.29) is 0 Å². The Hall–Kier alpha value is -2.29. The number of aryl methyl sites for hydroxylation is 2. The summed E-state index contributed by atoms with van der Waals surface area (Å²) in [5.41, 5.74) is 4.75. The molecule has 0 bridgehead atoms. The normalized spacial score (nSPS) is 10.9. The Morgan fingerprint density at radius 1 is 1.10 bits per heavy atom. The fourth-order valence-corrected chi connectivity index (χ4v) is 2.49. The van der Waals surface area contributed by atoms with E-state index in [1.807, 2.05) is 18.2 Å². The van der Waals surface area contributed by atoms with Crippen LogP contribution in [0.2, 0.25) is 0 Å². The Labute approximate surface area is 125 Å². The largest absolute Gasteiger partial charge is 0.385 e. The van der Waals surface area contributed by atoms with Crippen LogP contribution >= 0.6 is 0 Å². The zero-order chi connectivity index (χ0) is 14.5. The first-order valence-electron chi connectivity index (χ1n) is 7.61. The Balaban J connectivity index is 1.55. The van der Waals surface area contributed by atoms with Gasteiger partial charge >= 0.3 is 0 Å². The van der Waals surface area contributed by atoms with E-state index in [0.29, 0.717) is 0 Å². The van der Waals surface area contributed by atoms with Crippen LogP contribution in [0.25, 0.3) is 11.0 Å². The first-order chi connectivity index (χ1) is 10.3. The van der Waals surface area contributed by atoms with Gasteiger partial charge in [-0.3, -0.25) is 0 Å². The molecule has 0 radical (unpaired) electrons. The van der Waals surface area contributed by atoms with Gasteiger partial charge in [0.1, 0.15) is 5.82 Å². The van der Waals surface area contributed by atoms with Crippen molar-refractivity contribution in [1.29, 1.82) is 0 Å². The molecule has 0 spiro atoms. The third-order valence-corrected chi connectivity index (χ3v) is 3.70. The van der Waals surface area contributed by atoms with Gasteiger partial charge in [-0.15, -0.1) is 0 Å². The molecular formula is C18H21N3. The number of fused-ring (bicyclic) bond motifs is 1. The van der Waals surface area contributed by atoms with E-state index in [9.17, 15) is 0 Å². The van der Waals surface area contributed by atoms with E-state index >= 15 is 0 Å². The van der Waals surface area contributed by atoms with Crippen molar-refractivity contribution in [3.8, 4) is 0 Å². The molecule has 3 nitrogen and oxygen atoms in total. The molecule has 0 aliphatic carbocycles. The van der Waals surface area contributed by atoms with Crippen LogP contribution in [-0.2, 0) is 12.8 Å². The molecule has 0 aliphatic heterocycles. The van der Waals surface area contributed by atoms with Crippen LogP contribution in [0.3, 0.4) is 0 Å². The van der Waals surface area contributed by atoms with Crippen LogP contribution in [0, 0.1) is 0 Å². The number of nitrogens with zero attached hydrogens (tertiary/aromatic N) is 1. The monoisotopic (exact) mass is 279 g/mol. The highest BCUT2D eigenvalue weighted by atomic mass is 14.9. The summed E-state index contributed by atoms with van der Waals surface area (Å²) in [5.74, 6) is 1.08.